The van der Waals surface area contributed by atoms with E-state index in [9.17, 15) is 4.79 Å². The zero-order valence-electron chi connectivity index (χ0n) is 7.88. The van der Waals surface area contributed by atoms with Crippen molar-refractivity contribution in [1.82, 2.24) is 0 Å². The van der Waals surface area contributed by atoms with Crippen molar-refractivity contribution in [2.75, 3.05) is 0 Å². The molecule has 6 nitrogen and oxygen atoms in total. The van der Waals surface area contributed by atoms with Crippen LogP contribution in [-0.4, -0.2) is 54.9 Å². The first kappa shape index (κ1) is 20.4. The third-order valence-corrected chi connectivity index (χ3v) is 1.32. The molecule has 0 fully saturated rings. The molecule has 0 heterocycles. The number of rotatable bonds is 1. The molecule has 0 saturated heterocycles. The van der Waals surface area contributed by atoms with Gasteiger partial charge in [-0.2, -0.15) is 0 Å². The van der Waals surface area contributed by atoms with Gasteiger partial charge >= 0.3 is 29.0 Å². The SMILES string of the molecule is O=C(O)c1cc(O)c(O)c(O)c1.[La].[MgH+].[OH-]. The van der Waals surface area contributed by atoms with E-state index >= 15 is 0 Å². The minimum Gasteiger partial charge on any atom is -0.870 e. The van der Waals surface area contributed by atoms with Crippen molar-refractivity contribution in [2.24, 2.45) is 0 Å². The van der Waals surface area contributed by atoms with E-state index < -0.39 is 23.2 Å². The van der Waals surface area contributed by atoms with Crippen molar-refractivity contribution in [1.29, 1.82) is 0 Å². The average molecular weight is 351 g/mol. The minimum atomic E-state index is -1.29. The molecule has 1 aromatic carbocycles. The number of aromatic carboxylic acids is 1. The predicted molar refractivity (Wildman–Crippen MR) is 47.5 cm³/mol. The van der Waals surface area contributed by atoms with E-state index in [1.54, 1.807) is 0 Å². The van der Waals surface area contributed by atoms with Gasteiger partial charge in [0.1, 0.15) is 0 Å². The molecule has 15 heavy (non-hydrogen) atoms. The standard InChI is InChI=1S/C7H6O5.La.Mg.H2O.H/c8-4-1-3(7(11)12)2-5(9)6(4)10;;;;/h1-2,8-10H,(H,11,12);;;1H2;/q;;+1;;/p-1. The maximum absolute atomic E-state index is 10.3. The fourth-order valence-electron chi connectivity index (χ4n) is 0.728. The predicted octanol–water partition coefficient (Wildman–Crippen LogP) is -0.324. The van der Waals surface area contributed by atoms with Gasteiger partial charge in [0.2, 0.25) is 0 Å². The maximum Gasteiger partial charge on any atom is -0.870 e. The molecule has 1 rings (SSSR count). The molecule has 1 aromatic rings. The number of hydrogen-bond donors (Lipinski definition) is 4. The molecule has 0 bridgehead atoms. The van der Waals surface area contributed by atoms with Gasteiger partial charge in [-0.3, -0.25) is 0 Å². The minimum absolute atomic E-state index is 0. The quantitative estimate of drug-likeness (QED) is 0.405. The third-order valence-electron chi connectivity index (χ3n) is 1.32. The normalized spacial score (nSPS) is 7.73. The van der Waals surface area contributed by atoms with Gasteiger partial charge in [0, 0.05) is 35.6 Å². The van der Waals surface area contributed by atoms with Crippen molar-refractivity contribution in [3.8, 4) is 17.2 Å². The first-order chi connectivity index (χ1) is 5.52. The molecule has 0 aromatic heterocycles. The van der Waals surface area contributed by atoms with Gasteiger partial charge < -0.3 is 25.9 Å². The molecule has 8 heteroatoms. The van der Waals surface area contributed by atoms with Crippen LogP contribution in [0, 0.1) is 35.6 Å². The van der Waals surface area contributed by atoms with Crippen molar-refractivity contribution >= 4 is 29.0 Å². The van der Waals surface area contributed by atoms with Gasteiger partial charge in [-0.05, 0) is 12.1 Å². The number of benzene rings is 1. The number of hydrogen-bond acceptors (Lipinski definition) is 5. The van der Waals surface area contributed by atoms with Crippen LogP contribution in [0.15, 0.2) is 12.1 Å². The van der Waals surface area contributed by atoms with Crippen molar-refractivity contribution in [3.63, 3.8) is 0 Å². The molecule has 0 aliphatic carbocycles. The van der Waals surface area contributed by atoms with Crippen LogP contribution in [0.2, 0.25) is 0 Å². The first-order valence-corrected chi connectivity index (χ1v) is 3.00. The van der Waals surface area contributed by atoms with Crippen molar-refractivity contribution in [2.45, 2.75) is 0 Å². The zero-order valence-corrected chi connectivity index (χ0v) is 13.5. The molecule has 0 saturated carbocycles. The smallest absolute Gasteiger partial charge is 0.870 e. The molecule has 1 radical (unpaired) electrons. The summed E-state index contributed by atoms with van der Waals surface area (Å²) in [5.41, 5.74) is -0.289. The Morgan fingerprint density at radius 3 is 1.67 bits per heavy atom. The Morgan fingerprint density at radius 1 is 1.07 bits per heavy atom. The zero-order chi connectivity index (χ0) is 9.30. The first-order valence-electron chi connectivity index (χ1n) is 3.00. The summed E-state index contributed by atoms with van der Waals surface area (Å²) in [5, 5.41) is 35.0. The number of phenols is 3. The van der Waals surface area contributed by atoms with Crippen molar-refractivity contribution < 1.29 is 66.3 Å². The Morgan fingerprint density at radius 2 is 1.40 bits per heavy atom. The van der Waals surface area contributed by atoms with Gasteiger partial charge in [0.25, 0.3) is 0 Å². The summed E-state index contributed by atoms with van der Waals surface area (Å²) in [6.45, 7) is 0. The van der Waals surface area contributed by atoms with Gasteiger partial charge in [-0.15, -0.1) is 0 Å². The Labute approximate surface area is 129 Å². The van der Waals surface area contributed by atoms with Crippen LogP contribution >= 0.6 is 0 Å². The van der Waals surface area contributed by atoms with E-state index in [1.807, 2.05) is 0 Å². The molecule has 0 aliphatic heterocycles. The van der Waals surface area contributed by atoms with E-state index in [0.29, 0.717) is 0 Å². The largest absolute Gasteiger partial charge is 0.870 e. The second kappa shape index (κ2) is 8.20. The van der Waals surface area contributed by atoms with E-state index in [2.05, 4.69) is 0 Å². The molecule has 0 amide bonds. The summed E-state index contributed by atoms with van der Waals surface area (Å²) in [5.74, 6) is -3.33. The van der Waals surface area contributed by atoms with Crippen molar-refractivity contribution in [3.05, 3.63) is 17.7 Å². The molecular formula is C7H8LaMgO6. The van der Waals surface area contributed by atoms with E-state index in [-0.39, 0.29) is 69.7 Å². The number of aromatic hydroxyl groups is 3. The fraction of sp³-hybridized carbons (Fsp3) is 0. The van der Waals surface area contributed by atoms with Crippen LogP contribution in [0.25, 0.3) is 0 Å². The van der Waals surface area contributed by atoms with Crippen LogP contribution in [-0.2, 0) is 0 Å². The summed E-state index contributed by atoms with van der Waals surface area (Å²) in [7, 11) is 0. The molecular weight excluding hydrogens is 343 g/mol. The summed E-state index contributed by atoms with van der Waals surface area (Å²) >= 11 is 0. The number of carboxylic acids is 1. The van der Waals surface area contributed by atoms with Crippen LogP contribution in [0.3, 0.4) is 0 Å². The van der Waals surface area contributed by atoms with E-state index in [0.717, 1.165) is 12.1 Å². The van der Waals surface area contributed by atoms with Gasteiger partial charge in [0.15, 0.2) is 17.2 Å². The average Bonchev–Trinajstić information content (AvgIpc) is 1.99. The fourth-order valence-corrected chi connectivity index (χ4v) is 0.728. The third kappa shape index (κ3) is 5.05. The second-order valence-electron chi connectivity index (χ2n) is 2.17. The van der Waals surface area contributed by atoms with Crippen LogP contribution in [0.5, 0.6) is 17.2 Å². The molecule has 0 atom stereocenters. The summed E-state index contributed by atoms with van der Waals surface area (Å²) in [6, 6.07) is 1.69. The Bertz CT molecular complexity index is 319. The summed E-state index contributed by atoms with van der Waals surface area (Å²) < 4.78 is 0. The van der Waals surface area contributed by atoms with E-state index in [1.165, 1.54) is 0 Å². The van der Waals surface area contributed by atoms with E-state index in [4.69, 9.17) is 20.4 Å². The van der Waals surface area contributed by atoms with Gasteiger partial charge in [-0.25, -0.2) is 4.79 Å². The Hall–Kier alpha value is 0.0110. The Balaban J connectivity index is -0.000000480. The molecule has 77 valence electrons. The monoisotopic (exact) mass is 351 g/mol. The van der Waals surface area contributed by atoms with Crippen LogP contribution in [0.4, 0.5) is 0 Å². The topological polar surface area (TPSA) is 128 Å². The van der Waals surface area contributed by atoms with Crippen LogP contribution < -0.4 is 0 Å². The summed E-state index contributed by atoms with van der Waals surface area (Å²) in [4.78, 5) is 10.3. The van der Waals surface area contributed by atoms with Gasteiger partial charge in [-0.1, -0.05) is 0 Å². The molecule has 5 N–H and O–H groups in total. The second-order valence-corrected chi connectivity index (χ2v) is 2.17. The summed E-state index contributed by atoms with van der Waals surface area (Å²) in [6.07, 6.45) is 0. The molecule has 0 unspecified atom stereocenters. The number of phenolic OH excluding ortho intramolecular Hbond substituents is 3. The number of carbonyl (C=O) groups is 1. The Kier molecular flexibility index (Phi) is 11.2. The maximum atomic E-state index is 10.3. The van der Waals surface area contributed by atoms with Gasteiger partial charge in [0.05, 0.1) is 5.56 Å². The molecule has 0 aliphatic rings. The number of carboxylic acid groups (broad SMARTS) is 1. The van der Waals surface area contributed by atoms with Crippen LogP contribution in [0.1, 0.15) is 10.4 Å². The molecule has 0 spiro atoms.